The van der Waals surface area contributed by atoms with Crippen molar-refractivity contribution >= 4 is 0 Å². The molecular formula is C12H19NO3. The molecule has 1 unspecified atom stereocenters. The van der Waals surface area contributed by atoms with Gasteiger partial charge in [-0.2, -0.15) is 0 Å². The second-order valence-corrected chi connectivity index (χ2v) is 3.26. The molecule has 0 aliphatic carbocycles. The highest BCUT2D eigenvalue weighted by atomic mass is 16.5. The minimum Gasteiger partial charge on any atom is -0.493 e. The molecule has 2 N–H and O–H groups in total. The second kappa shape index (κ2) is 6.35. The molecule has 0 heterocycles. The number of ether oxygens (including phenoxy) is 3. The fourth-order valence-corrected chi connectivity index (χ4v) is 1.65. The Hall–Kier alpha value is -1.26. The highest BCUT2D eigenvalue weighted by Crippen LogP contribution is 2.35. The zero-order valence-corrected chi connectivity index (χ0v) is 10.0. The molecule has 0 aromatic heterocycles. The summed E-state index contributed by atoms with van der Waals surface area (Å²) in [4.78, 5) is 0. The van der Waals surface area contributed by atoms with Gasteiger partial charge in [0.25, 0.3) is 0 Å². The zero-order chi connectivity index (χ0) is 12.0. The van der Waals surface area contributed by atoms with Crippen LogP contribution in [-0.2, 0) is 4.74 Å². The summed E-state index contributed by atoms with van der Waals surface area (Å²) in [5.41, 5.74) is 6.61. The fourth-order valence-electron chi connectivity index (χ4n) is 1.65. The highest BCUT2D eigenvalue weighted by Gasteiger charge is 2.17. The summed E-state index contributed by atoms with van der Waals surface area (Å²) in [5, 5.41) is 0. The zero-order valence-electron chi connectivity index (χ0n) is 10.0. The summed E-state index contributed by atoms with van der Waals surface area (Å²) >= 11 is 0. The number of methoxy groups -OCH3 is 2. The molecule has 0 saturated heterocycles. The Morgan fingerprint density at radius 2 is 2.00 bits per heavy atom. The third kappa shape index (κ3) is 2.65. The predicted molar refractivity (Wildman–Crippen MR) is 63.0 cm³/mol. The summed E-state index contributed by atoms with van der Waals surface area (Å²) in [6.07, 6.45) is -0.157. The molecule has 0 aliphatic rings. The van der Waals surface area contributed by atoms with Crippen LogP contribution in [0.1, 0.15) is 18.6 Å². The Morgan fingerprint density at radius 3 is 2.50 bits per heavy atom. The number of rotatable bonds is 6. The molecule has 1 aromatic rings. The topological polar surface area (TPSA) is 53.7 Å². The molecule has 0 aliphatic heterocycles. The Labute approximate surface area is 96.3 Å². The van der Waals surface area contributed by atoms with E-state index in [1.165, 1.54) is 0 Å². The van der Waals surface area contributed by atoms with E-state index in [0.29, 0.717) is 24.7 Å². The molecule has 0 amide bonds. The van der Waals surface area contributed by atoms with Crippen LogP contribution < -0.4 is 15.2 Å². The fraction of sp³-hybridized carbons (Fsp3) is 0.500. The van der Waals surface area contributed by atoms with Gasteiger partial charge in [-0.15, -0.1) is 0 Å². The monoisotopic (exact) mass is 225 g/mol. The molecule has 16 heavy (non-hydrogen) atoms. The van der Waals surface area contributed by atoms with Crippen molar-refractivity contribution in [2.24, 2.45) is 5.73 Å². The first-order valence-electron chi connectivity index (χ1n) is 5.31. The summed E-state index contributed by atoms with van der Waals surface area (Å²) in [5.74, 6) is 1.38. The number of hydrogen-bond acceptors (Lipinski definition) is 4. The Balaban J connectivity index is 3.09. The Bertz CT molecular complexity index is 328. The van der Waals surface area contributed by atoms with E-state index in [2.05, 4.69) is 0 Å². The first kappa shape index (κ1) is 12.8. The molecule has 1 rings (SSSR count). The normalized spacial score (nSPS) is 12.2. The summed E-state index contributed by atoms with van der Waals surface area (Å²) in [6.45, 7) is 2.97. The molecule has 4 nitrogen and oxygen atoms in total. The smallest absolute Gasteiger partial charge is 0.166 e. The molecule has 0 radical (unpaired) electrons. The maximum Gasteiger partial charge on any atom is 0.166 e. The van der Waals surface area contributed by atoms with Crippen LogP contribution in [0.5, 0.6) is 11.5 Å². The van der Waals surface area contributed by atoms with Crippen LogP contribution in [-0.4, -0.2) is 27.4 Å². The highest BCUT2D eigenvalue weighted by molar-refractivity contribution is 5.47. The molecule has 0 bridgehead atoms. The van der Waals surface area contributed by atoms with Gasteiger partial charge in [0.15, 0.2) is 11.5 Å². The maximum absolute atomic E-state index is 5.68. The van der Waals surface area contributed by atoms with E-state index in [1.54, 1.807) is 14.2 Å². The van der Waals surface area contributed by atoms with Crippen LogP contribution in [0.25, 0.3) is 0 Å². The average molecular weight is 225 g/mol. The number of nitrogens with two attached hydrogens (primary N) is 1. The van der Waals surface area contributed by atoms with E-state index >= 15 is 0 Å². The van der Waals surface area contributed by atoms with Crippen molar-refractivity contribution in [3.8, 4) is 11.5 Å². The molecule has 0 fully saturated rings. The summed E-state index contributed by atoms with van der Waals surface area (Å²) in [7, 11) is 3.22. The lowest BCUT2D eigenvalue weighted by Gasteiger charge is -2.19. The molecular weight excluding hydrogens is 206 g/mol. The Morgan fingerprint density at radius 1 is 1.25 bits per heavy atom. The van der Waals surface area contributed by atoms with Crippen molar-refractivity contribution in [3.05, 3.63) is 23.8 Å². The SMILES string of the molecule is CCOC(CN)c1cccc(OC)c1OC. The lowest BCUT2D eigenvalue weighted by atomic mass is 10.1. The second-order valence-electron chi connectivity index (χ2n) is 3.26. The van der Waals surface area contributed by atoms with Crippen molar-refractivity contribution in [2.75, 3.05) is 27.4 Å². The maximum atomic E-state index is 5.68. The van der Waals surface area contributed by atoms with E-state index in [-0.39, 0.29) is 6.10 Å². The lowest BCUT2D eigenvalue weighted by molar-refractivity contribution is 0.0667. The third-order valence-corrected chi connectivity index (χ3v) is 2.36. The van der Waals surface area contributed by atoms with E-state index < -0.39 is 0 Å². The van der Waals surface area contributed by atoms with Gasteiger partial charge in [-0.1, -0.05) is 12.1 Å². The largest absolute Gasteiger partial charge is 0.493 e. The van der Waals surface area contributed by atoms with E-state index in [0.717, 1.165) is 5.56 Å². The van der Waals surface area contributed by atoms with E-state index in [4.69, 9.17) is 19.9 Å². The average Bonchev–Trinajstić information content (AvgIpc) is 2.34. The van der Waals surface area contributed by atoms with Gasteiger partial charge >= 0.3 is 0 Å². The quantitative estimate of drug-likeness (QED) is 0.801. The van der Waals surface area contributed by atoms with E-state index in [1.807, 2.05) is 25.1 Å². The first-order chi connectivity index (χ1) is 7.78. The van der Waals surface area contributed by atoms with Gasteiger partial charge in [0.05, 0.1) is 20.3 Å². The minimum absolute atomic E-state index is 0.157. The van der Waals surface area contributed by atoms with Gasteiger partial charge in [0.1, 0.15) is 0 Å². The number of para-hydroxylation sites is 1. The molecule has 1 aromatic carbocycles. The minimum atomic E-state index is -0.157. The van der Waals surface area contributed by atoms with Crippen LogP contribution in [0.2, 0.25) is 0 Å². The Kier molecular flexibility index (Phi) is 5.08. The molecule has 0 saturated carbocycles. The van der Waals surface area contributed by atoms with Gasteiger partial charge in [-0.25, -0.2) is 0 Å². The van der Waals surface area contributed by atoms with Crippen molar-refractivity contribution in [2.45, 2.75) is 13.0 Å². The molecule has 1 atom stereocenters. The van der Waals surface area contributed by atoms with Gasteiger partial charge < -0.3 is 19.9 Å². The van der Waals surface area contributed by atoms with Crippen LogP contribution in [0.4, 0.5) is 0 Å². The van der Waals surface area contributed by atoms with Crippen LogP contribution in [0.3, 0.4) is 0 Å². The van der Waals surface area contributed by atoms with Crippen LogP contribution in [0.15, 0.2) is 18.2 Å². The van der Waals surface area contributed by atoms with Gasteiger partial charge in [0, 0.05) is 18.7 Å². The standard InChI is InChI=1S/C12H19NO3/c1-4-16-11(8-13)9-6-5-7-10(14-2)12(9)15-3/h5-7,11H,4,8,13H2,1-3H3. The molecule has 90 valence electrons. The van der Waals surface area contributed by atoms with E-state index in [9.17, 15) is 0 Å². The van der Waals surface area contributed by atoms with Crippen LogP contribution >= 0.6 is 0 Å². The number of hydrogen-bond donors (Lipinski definition) is 1. The third-order valence-electron chi connectivity index (χ3n) is 2.36. The van der Waals surface area contributed by atoms with Crippen molar-refractivity contribution < 1.29 is 14.2 Å². The van der Waals surface area contributed by atoms with Crippen LogP contribution in [0, 0.1) is 0 Å². The summed E-state index contributed by atoms with van der Waals surface area (Å²) < 4.78 is 16.1. The summed E-state index contributed by atoms with van der Waals surface area (Å²) in [6, 6.07) is 5.69. The van der Waals surface area contributed by atoms with Crippen molar-refractivity contribution in [3.63, 3.8) is 0 Å². The van der Waals surface area contributed by atoms with Gasteiger partial charge in [0.2, 0.25) is 0 Å². The first-order valence-corrected chi connectivity index (χ1v) is 5.31. The van der Waals surface area contributed by atoms with Gasteiger partial charge in [-0.05, 0) is 13.0 Å². The number of benzene rings is 1. The molecule has 4 heteroatoms. The van der Waals surface area contributed by atoms with Gasteiger partial charge in [-0.3, -0.25) is 0 Å². The predicted octanol–water partition coefficient (Wildman–Crippen LogP) is 1.74. The van der Waals surface area contributed by atoms with Crippen molar-refractivity contribution in [1.82, 2.24) is 0 Å². The van der Waals surface area contributed by atoms with Crippen molar-refractivity contribution in [1.29, 1.82) is 0 Å². The lowest BCUT2D eigenvalue weighted by Crippen LogP contribution is -2.16. The molecule has 0 spiro atoms.